The Morgan fingerprint density at radius 3 is 2.65 bits per heavy atom. The van der Waals surface area contributed by atoms with Gasteiger partial charge in [-0.2, -0.15) is 0 Å². The normalized spacial score (nSPS) is 67.5. The molecule has 3 heteroatoms. The third-order valence-electron chi connectivity index (χ3n) is 8.17. The fourth-order valence-corrected chi connectivity index (χ4v) is 8.40. The van der Waals surface area contributed by atoms with Crippen LogP contribution < -0.4 is 0 Å². The summed E-state index contributed by atoms with van der Waals surface area (Å²) in [7, 11) is 0. The summed E-state index contributed by atoms with van der Waals surface area (Å²) in [6.07, 6.45) is 9.99. The minimum atomic E-state index is -0.468. The summed E-state index contributed by atoms with van der Waals surface area (Å²) in [5.74, 6) is 3.15. The van der Waals surface area contributed by atoms with Crippen LogP contribution in [0, 0.1) is 46.3 Å². The van der Waals surface area contributed by atoms with Gasteiger partial charge in [-0.15, -0.1) is 0 Å². The lowest BCUT2D eigenvalue weighted by Gasteiger charge is -2.66. The number of rotatable bonds is 0. The van der Waals surface area contributed by atoms with Gasteiger partial charge in [0.15, 0.2) is 5.79 Å². The molecule has 1 saturated heterocycles. The van der Waals surface area contributed by atoms with E-state index >= 15 is 0 Å². The molecule has 8 unspecified atom stereocenters. The second kappa shape index (κ2) is 2.38. The van der Waals surface area contributed by atoms with Gasteiger partial charge in [0.25, 0.3) is 0 Å². The van der Waals surface area contributed by atoms with Crippen molar-refractivity contribution in [1.29, 1.82) is 0 Å². The van der Waals surface area contributed by atoms with Gasteiger partial charge in [-0.25, -0.2) is 0 Å². The van der Waals surface area contributed by atoms with Gasteiger partial charge in [0.2, 0.25) is 0 Å². The quantitative estimate of drug-likeness (QED) is 0.669. The van der Waals surface area contributed by atoms with Crippen molar-refractivity contribution in [3.8, 4) is 0 Å². The number of Topliss-reactive ketones (excluding diaryl/α,β-unsaturated/α-hetero) is 1. The predicted octanol–water partition coefficient (Wildman–Crippen LogP) is 1.55. The van der Waals surface area contributed by atoms with E-state index in [0.717, 1.165) is 0 Å². The number of carbonyl (C=O) groups is 1. The molecule has 7 rings (SSSR count). The van der Waals surface area contributed by atoms with Gasteiger partial charge in [0.1, 0.15) is 5.78 Å². The lowest BCUT2D eigenvalue weighted by atomic mass is 9.37. The molecule has 0 aromatic carbocycles. The van der Waals surface area contributed by atoms with E-state index < -0.39 is 5.79 Å². The van der Waals surface area contributed by atoms with Gasteiger partial charge in [-0.05, 0) is 30.1 Å². The number of hydrogen-bond donors (Lipinski definition) is 0. The maximum absolute atomic E-state index is 13.2. The highest BCUT2D eigenvalue weighted by atomic mass is 16.7. The summed E-state index contributed by atoms with van der Waals surface area (Å²) in [6.45, 7) is 1.39. The van der Waals surface area contributed by atoms with E-state index in [0.29, 0.717) is 48.6 Å². The Balaban J connectivity index is 1.66. The van der Waals surface area contributed by atoms with E-state index in [1.165, 1.54) is 6.42 Å². The van der Waals surface area contributed by atoms with Crippen LogP contribution in [-0.4, -0.2) is 24.8 Å². The van der Waals surface area contributed by atoms with E-state index in [4.69, 9.17) is 9.47 Å². The molecule has 0 amide bonds. The van der Waals surface area contributed by atoms with E-state index in [-0.39, 0.29) is 16.7 Å². The molecule has 3 spiro atoms. The zero-order valence-electron chi connectivity index (χ0n) is 11.1. The first-order valence-electron chi connectivity index (χ1n) is 7.99. The molecular formula is C17H16O3. The molecule has 0 N–H and O–H groups in total. The minimum Gasteiger partial charge on any atom is -0.346 e. The van der Waals surface area contributed by atoms with Gasteiger partial charge >= 0.3 is 0 Å². The van der Waals surface area contributed by atoms with Crippen LogP contribution in [0.1, 0.15) is 6.42 Å². The molecule has 6 aliphatic carbocycles. The summed E-state index contributed by atoms with van der Waals surface area (Å²) in [6, 6.07) is 0. The lowest BCUT2D eigenvalue weighted by Crippen LogP contribution is -2.73. The summed E-state index contributed by atoms with van der Waals surface area (Å²) in [5, 5.41) is 0. The third-order valence-corrected chi connectivity index (χ3v) is 8.17. The third kappa shape index (κ3) is 0.532. The molecule has 102 valence electrons. The highest BCUT2D eigenvalue weighted by molar-refractivity contribution is 5.99. The van der Waals surface area contributed by atoms with Gasteiger partial charge in [-0.3, -0.25) is 4.79 Å². The van der Waals surface area contributed by atoms with Crippen molar-refractivity contribution in [3.63, 3.8) is 0 Å². The Hall–Kier alpha value is -0.930. The van der Waals surface area contributed by atoms with Gasteiger partial charge < -0.3 is 9.47 Å². The van der Waals surface area contributed by atoms with Crippen LogP contribution in [0.25, 0.3) is 0 Å². The Kier molecular flexibility index (Phi) is 1.18. The average Bonchev–Trinajstić information content (AvgIpc) is 3.14. The fraction of sp³-hybridized carbons (Fsp3) is 0.706. The largest absolute Gasteiger partial charge is 0.346 e. The maximum Gasteiger partial charge on any atom is 0.182 e. The molecule has 0 aromatic heterocycles. The van der Waals surface area contributed by atoms with Crippen molar-refractivity contribution < 1.29 is 14.3 Å². The lowest BCUT2D eigenvalue weighted by molar-refractivity contribution is -0.301. The predicted molar refractivity (Wildman–Crippen MR) is 68.3 cm³/mol. The molecular weight excluding hydrogens is 252 g/mol. The van der Waals surface area contributed by atoms with Crippen molar-refractivity contribution >= 4 is 5.78 Å². The Morgan fingerprint density at radius 1 is 1.00 bits per heavy atom. The molecule has 0 aromatic rings. The average molecular weight is 268 g/mol. The summed E-state index contributed by atoms with van der Waals surface area (Å²) in [4.78, 5) is 13.2. The smallest absolute Gasteiger partial charge is 0.182 e. The zero-order valence-corrected chi connectivity index (χ0v) is 11.1. The number of hydrogen-bond acceptors (Lipinski definition) is 3. The number of carbonyl (C=O) groups excluding carboxylic acids is 1. The van der Waals surface area contributed by atoms with E-state index in [2.05, 4.69) is 24.3 Å². The Labute approximate surface area is 117 Å². The molecule has 6 fully saturated rings. The monoisotopic (exact) mass is 268 g/mol. The van der Waals surface area contributed by atoms with Crippen molar-refractivity contribution in [2.75, 3.05) is 13.2 Å². The number of allylic oxidation sites excluding steroid dienone is 3. The summed E-state index contributed by atoms with van der Waals surface area (Å²) >= 11 is 0. The second-order valence-corrected chi connectivity index (χ2v) is 7.85. The maximum atomic E-state index is 13.2. The molecule has 3 nitrogen and oxygen atoms in total. The van der Waals surface area contributed by atoms with Crippen LogP contribution in [0.4, 0.5) is 0 Å². The first-order valence-corrected chi connectivity index (χ1v) is 7.99. The van der Waals surface area contributed by atoms with Gasteiger partial charge in [-0.1, -0.05) is 24.3 Å². The SMILES string of the molecule is O=C1C2C3CC4C2C2(OCCO2)C25C=CC=CC12C3C45. The van der Waals surface area contributed by atoms with Crippen LogP contribution in [0.5, 0.6) is 0 Å². The van der Waals surface area contributed by atoms with Crippen molar-refractivity contribution in [2.45, 2.75) is 12.2 Å². The Morgan fingerprint density at radius 2 is 1.80 bits per heavy atom. The van der Waals surface area contributed by atoms with Crippen LogP contribution in [0.3, 0.4) is 0 Å². The number of ether oxygens (including phenoxy) is 2. The highest BCUT2D eigenvalue weighted by Crippen LogP contribution is 2.95. The van der Waals surface area contributed by atoms with Crippen LogP contribution in [0.15, 0.2) is 24.3 Å². The fourth-order valence-electron chi connectivity index (χ4n) is 8.40. The van der Waals surface area contributed by atoms with Crippen LogP contribution in [-0.2, 0) is 14.3 Å². The van der Waals surface area contributed by atoms with Gasteiger partial charge in [0.05, 0.1) is 24.0 Å². The topological polar surface area (TPSA) is 35.5 Å². The van der Waals surface area contributed by atoms with Crippen LogP contribution in [0.2, 0.25) is 0 Å². The summed E-state index contributed by atoms with van der Waals surface area (Å²) in [5.41, 5.74) is -0.433. The zero-order chi connectivity index (χ0) is 12.9. The van der Waals surface area contributed by atoms with E-state index in [1.54, 1.807) is 0 Å². The van der Waals surface area contributed by atoms with Crippen LogP contribution >= 0.6 is 0 Å². The standard InChI is InChI=1S/C17H16O3/c18-14-10-8-7-9-11(10)17(19-5-6-20-17)16-4-2-1-3-15(14,16)12(8)13(9)16/h1-4,8-13H,5-7H2. The van der Waals surface area contributed by atoms with Crippen molar-refractivity contribution in [3.05, 3.63) is 24.3 Å². The van der Waals surface area contributed by atoms with E-state index in [1.807, 2.05) is 0 Å². The first-order chi connectivity index (χ1) is 9.80. The molecule has 5 saturated carbocycles. The molecule has 7 aliphatic rings. The molecule has 2 bridgehead atoms. The van der Waals surface area contributed by atoms with Crippen molar-refractivity contribution in [1.82, 2.24) is 0 Å². The molecule has 1 heterocycles. The first kappa shape index (κ1) is 9.91. The van der Waals surface area contributed by atoms with Crippen molar-refractivity contribution in [2.24, 2.45) is 46.3 Å². The molecule has 20 heavy (non-hydrogen) atoms. The van der Waals surface area contributed by atoms with Gasteiger partial charge in [0, 0.05) is 11.8 Å². The minimum absolute atomic E-state index is 0.163. The summed E-state index contributed by atoms with van der Waals surface area (Å²) < 4.78 is 12.6. The molecule has 0 radical (unpaired) electrons. The molecule has 8 atom stereocenters. The number of ketones is 1. The second-order valence-electron chi connectivity index (χ2n) is 7.85. The Bertz CT molecular complexity index is 657. The highest BCUT2D eigenvalue weighted by Gasteiger charge is 2.99. The van der Waals surface area contributed by atoms with E-state index in [9.17, 15) is 4.79 Å². The molecule has 1 aliphatic heterocycles. The number of fused-ring (bicyclic) bond motifs is 2.